The summed E-state index contributed by atoms with van der Waals surface area (Å²) in [5.74, 6) is 0.792. The van der Waals surface area contributed by atoms with Gasteiger partial charge in [0.2, 0.25) is 5.91 Å². The standard InChI is InChI=1S/C16H15N7OS/c17-9-12-5-8-25-16(12)19-15(24)11-3-6-22(7-4-11)14-2-1-13-20-18-10-23(13)21-14/h1-2,5,8,10-11H,3-4,6-7H2,(H,19,24). The zero-order valence-corrected chi connectivity index (χ0v) is 14.1. The van der Waals surface area contributed by atoms with Crippen molar-refractivity contribution < 1.29 is 4.79 Å². The van der Waals surface area contributed by atoms with Crippen LogP contribution in [0.2, 0.25) is 0 Å². The molecule has 0 saturated carbocycles. The van der Waals surface area contributed by atoms with Crippen LogP contribution in [0, 0.1) is 17.2 Å². The summed E-state index contributed by atoms with van der Waals surface area (Å²) in [4.78, 5) is 14.6. The largest absolute Gasteiger partial charge is 0.355 e. The minimum absolute atomic E-state index is 0.0131. The Morgan fingerprint density at radius 2 is 2.16 bits per heavy atom. The van der Waals surface area contributed by atoms with Crippen LogP contribution in [0.3, 0.4) is 0 Å². The highest BCUT2D eigenvalue weighted by Gasteiger charge is 2.26. The fraction of sp³-hybridized carbons (Fsp3) is 0.312. The molecule has 1 aliphatic rings. The lowest BCUT2D eigenvalue weighted by atomic mass is 9.96. The molecule has 4 heterocycles. The van der Waals surface area contributed by atoms with Crippen molar-refractivity contribution in [2.45, 2.75) is 12.8 Å². The summed E-state index contributed by atoms with van der Waals surface area (Å²) in [5.41, 5.74) is 1.23. The van der Waals surface area contributed by atoms with E-state index < -0.39 is 0 Å². The van der Waals surface area contributed by atoms with Crippen molar-refractivity contribution in [3.8, 4) is 6.07 Å². The molecule has 3 aromatic rings. The summed E-state index contributed by atoms with van der Waals surface area (Å²) in [7, 11) is 0. The van der Waals surface area contributed by atoms with E-state index in [0.717, 1.165) is 31.7 Å². The fourth-order valence-electron chi connectivity index (χ4n) is 2.97. The van der Waals surface area contributed by atoms with Crippen LogP contribution >= 0.6 is 11.3 Å². The van der Waals surface area contributed by atoms with E-state index in [-0.39, 0.29) is 11.8 Å². The van der Waals surface area contributed by atoms with E-state index in [2.05, 4.69) is 31.6 Å². The van der Waals surface area contributed by atoms with Gasteiger partial charge in [-0.3, -0.25) is 4.79 Å². The monoisotopic (exact) mass is 353 g/mol. The first-order chi connectivity index (χ1) is 12.2. The first-order valence-corrected chi connectivity index (χ1v) is 8.83. The zero-order chi connectivity index (χ0) is 17.2. The molecule has 0 spiro atoms. The summed E-state index contributed by atoms with van der Waals surface area (Å²) in [6, 6.07) is 7.62. The molecule has 9 heteroatoms. The lowest BCUT2D eigenvalue weighted by Crippen LogP contribution is -2.38. The fourth-order valence-corrected chi connectivity index (χ4v) is 3.71. The number of anilines is 2. The number of thiophene rings is 1. The number of rotatable bonds is 3. The van der Waals surface area contributed by atoms with Gasteiger partial charge in [-0.05, 0) is 36.4 Å². The van der Waals surface area contributed by atoms with Crippen molar-refractivity contribution in [2.24, 2.45) is 5.92 Å². The number of carbonyl (C=O) groups is 1. The molecule has 0 bridgehead atoms. The summed E-state index contributed by atoms with van der Waals surface area (Å²) in [6.07, 6.45) is 3.08. The third-order valence-corrected chi connectivity index (χ3v) is 5.19. The maximum atomic E-state index is 12.4. The van der Waals surface area contributed by atoms with Gasteiger partial charge in [0.25, 0.3) is 0 Å². The highest BCUT2D eigenvalue weighted by Crippen LogP contribution is 2.26. The van der Waals surface area contributed by atoms with Gasteiger partial charge in [-0.2, -0.15) is 9.78 Å². The van der Waals surface area contributed by atoms with Crippen LogP contribution in [0.5, 0.6) is 0 Å². The molecule has 1 aliphatic heterocycles. The van der Waals surface area contributed by atoms with E-state index in [1.165, 1.54) is 11.3 Å². The van der Waals surface area contributed by atoms with Gasteiger partial charge >= 0.3 is 0 Å². The molecule has 3 aromatic heterocycles. The summed E-state index contributed by atoms with van der Waals surface area (Å²) >= 11 is 1.38. The molecule has 1 fully saturated rings. The van der Waals surface area contributed by atoms with E-state index >= 15 is 0 Å². The number of hydrogen-bond acceptors (Lipinski definition) is 7. The normalized spacial score (nSPS) is 15.2. The highest BCUT2D eigenvalue weighted by molar-refractivity contribution is 7.14. The van der Waals surface area contributed by atoms with E-state index in [4.69, 9.17) is 5.26 Å². The van der Waals surface area contributed by atoms with E-state index in [1.807, 2.05) is 17.5 Å². The Kier molecular flexibility index (Phi) is 4.03. The van der Waals surface area contributed by atoms with Crippen LogP contribution < -0.4 is 10.2 Å². The summed E-state index contributed by atoms with van der Waals surface area (Å²) in [6.45, 7) is 1.52. The van der Waals surface area contributed by atoms with Gasteiger partial charge < -0.3 is 10.2 Å². The molecule has 0 atom stereocenters. The lowest BCUT2D eigenvalue weighted by molar-refractivity contribution is -0.120. The Morgan fingerprint density at radius 1 is 1.32 bits per heavy atom. The Labute approximate surface area is 147 Å². The molecule has 0 aliphatic carbocycles. The molecule has 0 aromatic carbocycles. The lowest BCUT2D eigenvalue weighted by Gasteiger charge is -2.31. The molecule has 1 amide bonds. The molecule has 1 N–H and O–H groups in total. The van der Waals surface area contributed by atoms with E-state index in [1.54, 1.807) is 16.9 Å². The third kappa shape index (κ3) is 3.04. The molecule has 1 saturated heterocycles. The van der Waals surface area contributed by atoms with E-state index in [9.17, 15) is 4.79 Å². The third-order valence-electron chi connectivity index (χ3n) is 4.36. The Morgan fingerprint density at radius 3 is 2.96 bits per heavy atom. The van der Waals surface area contributed by atoms with Crippen molar-refractivity contribution >= 4 is 33.7 Å². The molecule has 0 radical (unpaired) electrons. The Balaban J connectivity index is 1.39. The number of nitrogens with one attached hydrogen (secondary N) is 1. The molecule has 0 unspecified atom stereocenters. The van der Waals surface area contributed by atoms with Gasteiger partial charge in [-0.1, -0.05) is 0 Å². The van der Waals surface area contributed by atoms with Gasteiger partial charge in [0.05, 0.1) is 5.56 Å². The van der Waals surface area contributed by atoms with E-state index in [0.29, 0.717) is 16.2 Å². The topological polar surface area (TPSA) is 99.2 Å². The van der Waals surface area contributed by atoms with Crippen LogP contribution in [-0.2, 0) is 4.79 Å². The van der Waals surface area contributed by atoms with Crippen LogP contribution in [0.1, 0.15) is 18.4 Å². The van der Waals surface area contributed by atoms with Crippen molar-refractivity contribution in [1.82, 2.24) is 19.8 Å². The van der Waals surface area contributed by atoms with Crippen LogP contribution in [-0.4, -0.2) is 38.8 Å². The van der Waals surface area contributed by atoms with Crippen molar-refractivity contribution in [1.29, 1.82) is 5.26 Å². The van der Waals surface area contributed by atoms with Gasteiger partial charge in [0.1, 0.15) is 23.2 Å². The first kappa shape index (κ1) is 15.5. The average Bonchev–Trinajstić information content (AvgIpc) is 3.29. The quantitative estimate of drug-likeness (QED) is 0.772. The summed E-state index contributed by atoms with van der Waals surface area (Å²) in [5, 5.41) is 26.6. The number of carbonyl (C=O) groups excluding carboxylic acids is 1. The summed E-state index contributed by atoms with van der Waals surface area (Å²) < 4.78 is 1.65. The number of hydrogen-bond donors (Lipinski definition) is 1. The van der Waals surface area contributed by atoms with Gasteiger partial charge in [-0.25, -0.2) is 0 Å². The number of nitriles is 1. The SMILES string of the molecule is N#Cc1ccsc1NC(=O)C1CCN(c2ccc3nncn3n2)CC1. The van der Waals surface area contributed by atoms with Crippen molar-refractivity contribution in [3.63, 3.8) is 0 Å². The number of piperidine rings is 1. The minimum atomic E-state index is -0.0523. The zero-order valence-electron chi connectivity index (χ0n) is 13.3. The van der Waals surface area contributed by atoms with Gasteiger partial charge in [-0.15, -0.1) is 26.6 Å². The van der Waals surface area contributed by atoms with Crippen LogP contribution in [0.4, 0.5) is 10.8 Å². The number of fused-ring (bicyclic) bond motifs is 1. The van der Waals surface area contributed by atoms with Crippen molar-refractivity contribution in [3.05, 3.63) is 35.5 Å². The Hall–Kier alpha value is -2.99. The maximum absolute atomic E-state index is 12.4. The highest BCUT2D eigenvalue weighted by atomic mass is 32.1. The maximum Gasteiger partial charge on any atom is 0.228 e. The molecule has 25 heavy (non-hydrogen) atoms. The number of nitrogens with zero attached hydrogens (tertiary/aromatic N) is 6. The second-order valence-corrected chi connectivity index (χ2v) is 6.77. The predicted molar refractivity (Wildman–Crippen MR) is 93.4 cm³/mol. The first-order valence-electron chi connectivity index (χ1n) is 7.95. The van der Waals surface area contributed by atoms with Crippen LogP contribution in [0.15, 0.2) is 29.9 Å². The van der Waals surface area contributed by atoms with Gasteiger partial charge in [0.15, 0.2) is 5.65 Å². The molecular formula is C16H15N7OS. The van der Waals surface area contributed by atoms with Crippen LogP contribution in [0.25, 0.3) is 5.65 Å². The Bertz CT molecular complexity index is 949. The second-order valence-electron chi connectivity index (χ2n) is 5.85. The molecule has 8 nitrogen and oxygen atoms in total. The molecular weight excluding hydrogens is 338 g/mol. The number of aromatic nitrogens is 4. The van der Waals surface area contributed by atoms with Gasteiger partial charge in [0, 0.05) is 19.0 Å². The predicted octanol–water partition coefficient (Wildman–Crippen LogP) is 1.91. The minimum Gasteiger partial charge on any atom is -0.355 e. The van der Waals surface area contributed by atoms with Crippen molar-refractivity contribution in [2.75, 3.05) is 23.3 Å². The molecule has 126 valence electrons. The smallest absolute Gasteiger partial charge is 0.228 e. The average molecular weight is 353 g/mol. The number of amides is 1. The second kappa shape index (κ2) is 6.49. The molecule has 4 rings (SSSR count).